The highest BCUT2D eigenvalue weighted by molar-refractivity contribution is 7.91. The third kappa shape index (κ3) is 3.27. The van der Waals surface area contributed by atoms with Gasteiger partial charge < -0.3 is 11.1 Å². The second kappa shape index (κ2) is 6.05. The zero-order chi connectivity index (χ0) is 14.8. The van der Waals surface area contributed by atoms with Gasteiger partial charge in [-0.15, -0.1) is 0 Å². The number of nitrogens with two attached hydrogens (primary N) is 1. The molecule has 1 saturated carbocycles. The van der Waals surface area contributed by atoms with Gasteiger partial charge in [0.25, 0.3) is 0 Å². The predicted molar refractivity (Wildman–Crippen MR) is 73.4 cm³/mol. The minimum absolute atomic E-state index is 0.182. The molecule has 4 nitrogen and oxygen atoms in total. The maximum Gasteiger partial charge on any atom is 0.341 e. The molecular weight excluding hydrogens is 286 g/mol. The van der Waals surface area contributed by atoms with Gasteiger partial charge in [0, 0.05) is 12.6 Å². The van der Waals surface area contributed by atoms with Crippen molar-refractivity contribution in [2.75, 3.05) is 11.9 Å². The Balaban J connectivity index is 2.13. The molecule has 0 aliphatic heterocycles. The summed E-state index contributed by atoms with van der Waals surface area (Å²) in [7, 11) is -4.58. The number of anilines is 1. The Morgan fingerprint density at radius 1 is 1.30 bits per heavy atom. The van der Waals surface area contributed by atoms with E-state index in [0.717, 1.165) is 19.3 Å². The van der Waals surface area contributed by atoms with Crippen LogP contribution in [0.15, 0.2) is 29.2 Å². The lowest BCUT2D eigenvalue weighted by Crippen LogP contribution is -2.19. The molecule has 0 bridgehead atoms. The number of benzene rings is 1. The Labute approximate surface area is 117 Å². The average molecular weight is 304 g/mol. The molecule has 0 saturated heterocycles. The van der Waals surface area contributed by atoms with Gasteiger partial charge >= 0.3 is 5.76 Å². The number of halogens is 2. The summed E-state index contributed by atoms with van der Waals surface area (Å²) in [6.45, 7) is 0.545. The number of hydrogen-bond acceptors (Lipinski definition) is 4. The Morgan fingerprint density at radius 2 is 2.00 bits per heavy atom. The van der Waals surface area contributed by atoms with Crippen molar-refractivity contribution in [3.05, 3.63) is 24.3 Å². The zero-order valence-electron chi connectivity index (χ0n) is 10.9. The van der Waals surface area contributed by atoms with Crippen molar-refractivity contribution in [2.24, 2.45) is 11.7 Å². The molecule has 0 amide bonds. The second-order valence-corrected chi connectivity index (χ2v) is 7.01. The molecule has 20 heavy (non-hydrogen) atoms. The third-order valence-corrected chi connectivity index (χ3v) is 5.03. The lowest BCUT2D eigenvalue weighted by atomic mass is 10.1. The SMILES string of the molecule is NC1CCC(CNc2ccccc2S(=O)(=O)C(F)F)C1. The highest BCUT2D eigenvalue weighted by Gasteiger charge is 2.29. The molecule has 1 aromatic rings. The second-order valence-electron chi connectivity index (χ2n) is 5.12. The molecule has 0 radical (unpaired) electrons. The molecule has 2 unspecified atom stereocenters. The van der Waals surface area contributed by atoms with Crippen LogP contribution in [0.1, 0.15) is 19.3 Å². The van der Waals surface area contributed by atoms with Crippen LogP contribution in [-0.4, -0.2) is 26.8 Å². The molecule has 2 rings (SSSR count). The molecule has 1 aliphatic rings. The molecule has 1 aromatic carbocycles. The van der Waals surface area contributed by atoms with E-state index in [1.807, 2.05) is 0 Å². The molecule has 0 heterocycles. The first-order valence-electron chi connectivity index (χ1n) is 6.52. The minimum atomic E-state index is -4.58. The monoisotopic (exact) mass is 304 g/mol. The molecule has 2 atom stereocenters. The van der Waals surface area contributed by atoms with Gasteiger partial charge in [0.2, 0.25) is 9.84 Å². The first-order chi connectivity index (χ1) is 9.41. The first kappa shape index (κ1) is 15.2. The highest BCUT2D eigenvalue weighted by atomic mass is 32.2. The van der Waals surface area contributed by atoms with Crippen LogP contribution in [0.4, 0.5) is 14.5 Å². The summed E-state index contributed by atoms with van der Waals surface area (Å²) in [5.74, 6) is -3.06. The van der Waals surface area contributed by atoms with E-state index in [1.54, 1.807) is 6.07 Å². The van der Waals surface area contributed by atoms with Gasteiger partial charge in [0.05, 0.1) is 10.6 Å². The average Bonchev–Trinajstić information content (AvgIpc) is 2.82. The zero-order valence-corrected chi connectivity index (χ0v) is 11.7. The molecule has 1 aliphatic carbocycles. The molecule has 0 spiro atoms. The van der Waals surface area contributed by atoms with Crippen LogP contribution in [0.25, 0.3) is 0 Å². The van der Waals surface area contributed by atoms with Crippen LogP contribution < -0.4 is 11.1 Å². The van der Waals surface area contributed by atoms with Crippen LogP contribution in [0, 0.1) is 5.92 Å². The highest BCUT2D eigenvalue weighted by Crippen LogP contribution is 2.28. The number of para-hydroxylation sites is 1. The number of hydrogen-bond donors (Lipinski definition) is 2. The van der Waals surface area contributed by atoms with Gasteiger partial charge in [0.1, 0.15) is 0 Å². The Hall–Kier alpha value is -1.21. The van der Waals surface area contributed by atoms with Gasteiger partial charge in [-0.3, -0.25) is 0 Å². The molecular formula is C13H18F2N2O2S. The fourth-order valence-electron chi connectivity index (χ4n) is 2.51. The van der Waals surface area contributed by atoms with E-state index in [4.69, 9.17) is 5.73 Å². The van der Waals surface area contributed by atoms with Gasteiger partial charge in [-0.2, -0.15) is 8.78 Å². The van der Waals surface area contributed by atoms with Gasteiger partial charge in [-0.05, 0) is 37.3 Å². The molecule has 3 N–H and O–H groups in total. The number of sulfone groups is 1. The smallest absolute Gasteiger partial charge is 0.341 e. The Bertz CT molecular complexity index is 563. The van der Waals surface area contributed by atoms with Crippen molar-refractivity contribution < 1.29 is 17.2 Å². The fourth-order valence-corrected chi connectivity index (χ4v) is 3.42. The van der Waals surface area contributed by atoms with Crippen LogP contribution in [0.5, 0.6) is 0 Å². The summed E-state index contributed by atoms with van der Waals surface area (Å²) in [6, 6.07) is 5.94. The number of rotatable bonds is 5. The van der Waals surface area contributed by atoms with Crippen molar-refractivity contribution in [1.82, 2.24) is 0 Å². The van der Waals surface area contributed by atoms with Crippen molar-refractivity contribution >= 4 is 15.5 Å². The quantitative estimate of drug-likeness (QED) is 0.875. The summed E-state index contributed by atoms with van der Waals surface area (Å²) in [5, 5.41) is 2.97. The van der Waals surface area contributed by atoms with E-state index < -0.39 is 15.6 Å². The van der Waals surface area contributed by atoms with Crippen molar-refractivity contribution in [3.63, 3.8) is 0 Å². The summed E-state index contributed by atoms with van der Waals surface area (Å²) < 4.78 is 48.5. The van der Waals surface area contributed by atoms with Crippen LogP contribution >= 0.6 is 0 Å². The van der Waals surface area contributed by atoms with Crippen molar-refractivity contribution in [3.8, 4) is 0 Å². The molecule has 7 heteroatoms. The number of alkyl halides is 2. The predicted octanol–water partition coefficient (Wildman–Crippen LogP) is 2.22. The van der Waals surface area contributed by atoms with Gasteiger partial charge in [0.15, 0.2) is 0 Å². The number of nitrogens with one attached hydrogen (secondary N) is 1. The van der Waals surface area contributed by atoms with E-state index in [9.17, 15) is 17.2 Å². The maximum absolute atomic E-state index is 12.6. The third-order valence-electron chi connectivity index (χ3n) is 3.59. The fraction of sp³-hybridized carbons (Fsp3) is 0.538. The van der Waals surface area contributed by atoms with E-state index in [1.165, 1.54) is 18.2 Å². The van der Waals surface area contributed by atoms with Crippen LogP contribution in [-0.2, 0) is 9.84 Å². The molecule has 112 valence electrons. The van der Waals surface area contributed by atoms with Gasteiger partial charge in [-0.25, -0.2) is 8.42 Å². The molecule has 1 fully saturated rings. The lowest BCUT2D eigenvalue weighted by molar-refractivity contribution is 0.235. The summed E-state index contributed by atoms with van der Waals surface area (Å²) >= 11 is 0. The lowest BCUT2D eigenvalue weighted by Gasteiger charge is -2.15. The topological polar surface area (TPSA) is 72.2 Å². The minimum Gasteiger partial charge on any atom is -0.384 e. The molecule has 0 aromatic heterocycles. The summed E-state index contributed by atoms with van der Waals surface area (Å²) in [5.41, 5.74) is 6.04. The first-order valence-corrected chi connectivity index (χ1v) is 8.06. The Kier molecular flexibility index (Phi) is 4.59. The van der Waals surface area contributed by atoms with Crippen LogP contribution in [0.2, 0.25) is 0 Å². The largest absolute Gasteiger partial charge is 0.384 e. The van der Waals surface area contributed by atoms with E-state index >= 15 is 0 Å². The summed E-state index contributed by atoms with van der Waals surface area (Å²) in [4.78, 5) is -0.350. The van der Waals surface area contributed by atoms with Crippen molar-refractivity contribution in [2.45, 2.75) is 36.0 Å². The normalized spacial score (nSPS) is 23.2. The van der Waals surface area contributed by atoms with E-state index in [0.29, 0.717) is 12.5 Å². The van der Waals surface area contributed by atoms with E-state index in [-0.39, 0.29) is 16.6 Å². The maximum atomic E-state index is 12.6. The van der Waals surface area contributed by atoms with E-state index in [2.05, 4.69) is 5.32 Å². The Morgan fingerprint density at radius 3 is 2.60 bits per heavy atom. The standard InChI is InChI=1S/C13H18F2N2O2S/c14-13(15)20(18,19)12-4-2-1-3-11(12)17-8-9-5-6-10(16)7-9/h1-4,9-10,13,17H,5-8,16H2. The summed E-state index contributed by atoms with van der Waals surface area (Å²) in [6.07, 6.45) is 2.79. The van der Waals surface area contributed by atoms with Crippen molar-refractivity contribution in [1.29, 1.82) is 0 Å². The van der Waals surface area contributed by atoms with Crippen LogP contribution in [0.3, 0.4) is 0 Å². The van der Waals surface area contributed by atoms with Gasteiger partial charge in [-0.1, -0.05) is 12.1 Å².